The number of hydrogen-bond donors (Lipinski definition) is 0. The summed E-state index contributed by atoms with van der Waals surface area (Å²) in [5.74, 6) is 1.85. The van der Waals surface area contributed by atoms with E-state index in [-0.39, 0.29) is 6.04 Å². The maximum Gasteiger partial charge on any atom is 0.149 e. The minimum Gasteiger partial charge on any atom is -0.497 e. The van der Waals surface area contributed by atoms with Gasteiger partial charge >= 0.3 is 0 Å². The van der Waals surface area contributed by atoms with Crippen molar-refractivity contribution in [1.82, 2.24) is 19.7 Å². The summed E-state index contributed by atoms with van der Waals surface area (Å²) < 4.78 is 7.14. The lowest BCUT2D eigenvalue weighted by Crippen LogP contribution is -2.33. The van der Waals surface area contributed by atoms with Crippen LogP contribution >= 0.6 is 0 Å². The van der Waals surface area contributed by atoms with Gasteiger partial charge in [-0.3, -0.25) is 4.90 Å². The minimum absolute atomic E-state index is 0.287. The first-order valence-electron chi connectivity index (χ1n) is 7.58. The molecular weight excluding hydrogens is 264 g/mol. The molecule has 0 radical (unpaired) electrons. The Hall–Kier alpha value is -1.88. The Labute approximate surface area is 125 Å². The van der Waals surface area contributed by atoms with Crippen LogP contribution in [0.2, 0.25) is 0 Å². The third kappa shape index (κ3) is 2.93. The quantitative estimate of drug-likeness (QED) is 0.867. The summed E-state index contributed by atoms with van der Waals surface area (Å²) >= 11 is 0. The summed E-state index contributed by atoms with van der Waals surface area (Å²) in [4.78, 5) is 6.98. The van der Waals surface area contributed by atoms with E-state index in [2.05, 4.69) is 21.9 Å². The number of nitrogens with zero attached hydrogens (tertiary/aromatic N) is 4. The van der Waals surface area contributed by atoms with Crippen LogP contribution in [0.1, 0.15) is 38.1 Å². The number of hydrogen-bond acceptors (Lipinski definition) is 4. The smallest absolute Gasteiger partial charge is 0.149 e. The predicted octanol–water partition coefficient (Wildman–Crippen LogP) is 2.82. The molecule has 1 fully saturated rings. The molecule has 5 nitrogen and oxygen atoms in total. The van der Waals surface area contributed by atoms with Crippen molar-refractivity contribution < 1.29 is 4.74 Å². The third-order valence-electron chi connectivity index (χ3n) is 4.20. The zero-order valence-corrected chi connectivity index (χ0v) is 12.7. The van der Waals surface area contributed by atoms with E-state index in [1.54, 1.807) is 13.4 Å². The molecule has 112 valence electrons. The molecule has 0 aliphatic carbocycles. The maximum absolute atomic E-state index is 5.21. The molecule has 2 aromatic rings. The molecule has 0 N–H and O–H groups in total. The van der Waals surface area contributed by atoms with Gasteiger partial charge in [-0.1, -0.05) is 6.42 Å². The molecule has 5 heteroatoms. The van der Waals surface area contributed by atoms with Crippen molar-refractivity contribution in [3.05, 3.63) is 36.4 Å². The SMILES string of the molecule is COc1ccc(-n2ncnc2C(C)N2CCCCC2)cc1. The summed E-state index contributed by atoms with van der Waals surface area (Å²) in [7, 11) is 1.67. The van der Waals surface area contributed by atoms with Crippen molar-refractivity contribution in [1.29, 1.82) is 0 Å². The van der Waals surface area contributed by atoms with Crippen LogP contribution in [0.5, 0.6) is 5.75 Å². The van der Waals surface area contributed by atoms with Gasteiger partial charge in [-0.15, -0.1) is 0 Å². The van der Waals surface area contributed by atoms with E-state index in [0.29, 0.717) is 0 Å². The van der Waals surface area contributed by atoms with Crippen LogP contribution in [0, 0.1) is 0 Å². The maximum atomic E-state index is 5.21. The van der Waals surface area contributed by atoms with E-state index >= 15 is 0 Å². The zero-order valence-electron chi connectivity index (χ0n) is 12.7. The number of ether oxygens (including phenoxy) is 1. The molecule has 0 saturated carbocycles. The molecule has 3 rings (SSSR count). The van der Waals surface area contributed by atoms with E-state index in [1.807, 2.05) is 28.9 Å². The summed E-state index contributed by atoms with van der Waals surface area (Å²) in [6, 6.07) is 8.22. The highest BCUT2D eigenvalue weighted by atomic mass is 16.5. The average molecular weight is 286 g/mol. The highest BCUT2D eigenvalue weighted by Gasteiger charge is 2.22. The summed E-state index contributed by atoms with van der Waals surface area (Å²) in [5, 5.41) is 4.40. The van der Waals surface area contributed by atoms with Gasteiger partial charge in [0.25, 0.3) is 0 Å². The number of benzene rings is 1. The van der Waals surface area contributed by atoms with E-state index in [1.165, 1.54) is 19.3 Å². The first kappa shape index (κ1) is 14.1. The summed E-state index contributed by atoms with van der Waals surface area (Å²) in [5.41, 5.74) is 1.02. The minimum atomic E-state index is 0.287. The number of likely N-dealkylation sites (tertiary alicyclic amines) is 1. The molecule has 1 atom stereocenters. The van der Waals surface area contributed by atoms with Crippen molar-refractivity contribution in [2.45, 2.75) is 32.2 Å². The Bertz CT molecular complexity index is 572. The van der Waals surface area contributed by atoms with E-state index in [4.69, 9.17) is 4.74 Å². The van der Waals surface area contributed by atoms with Crippen LogP contribution in [0.3, 0.4) is 0 Å². The lowest BCUT2D eigenvalue weighted by Gasteiger charge is -2.31. The molecule has 21 heavy (non-hydrogen) atoms. The Morgan fingerprint density at radius 3 is 2.48 bits per heavy atom. The summed E-state index contributed by atoms with van der Waals surface area (Å²) in [6.45, 7) is 4.52. The van der Waals surface area contributed by atoms with Crippen molar-refractivity contribution in [3.8, 4) is 11.4 Å². The fourth-order valence-corrected chi connectivity index (χ4v) is 2.93. The van der Waals surface area contributed by atoms with Gasteiger partial charge in [-0.25, -0.2) is 9.67 Å². The van der Waals surface area contributed by atoms with Crippen LogP contribution in [0.25, 0.3) is 5.69 Å². The van der Waals surface area contributed by atoms with Gasteiger partial charge in [0.15, 0.2) is 0 Å². The van der Waals surface area contributed by atoms with Crippen molar-refractivity contribution in [3.63, 3.8) is 0 Å². The van der Waals surface area contributed by atoms with Gasteiger partial charge in [-0.2, -0.15) is 5.10 Å². The van der Waals surface area contributed by atoms with Gasteiger partial charge < -0.3 is 4.74 Å². The Balaban J connectivity index is 1.85. The topological polar surface area (TPSA) is 43.2 Å². The van der Waals surface area contributed by atoms with Crippen LogP contribution in [-0.2, 0) is 0 Å². The van der Waals surface area contributed by atoms with Crippen LogP contribution in [-0.4, -0.2) is 39.9 Å². The molecule has 0 bridgehead atoms. The second-order valence-corrected chi connectivity index (χ2v) is 5.50. The number of rotatable bonds is 4. The molecule has 1 unspecified atom stereocenters. The first-order chi connectivity index (χ1) is 10.3. The van der Waals surface area contributed by atoms with Gasteiger partial charge in [0.05, 0.1) is 18.8 Å². The molecule has 1 aliphatic heterocycles. The molecular formula is C16H22N4O. The normalized spacial score (nSPS) is 17.6. The van der Waals surface area contributed by atoms with E-state index < -0.39 is 0 Å². The van der Waals surface area contributed by atoms with Crippen molar-refractivity contribution in [2.24, 2.45) is 0 Å². The van der Waals surface area contributed by atoms with Gasteiger partial charge in [0, 0.05) is 0 Å². The number of piperidine rings is 1. The number of methoxy groups -OCH3 is 1. The monoisotopic (exact) mass is 286 g/mol. The standard InChI is InChI=1S/C16H22N4O/c1-13(19-10-4-3-5-11-19)16-17-12-18-20(16)14-6-8-15(21-2)9-7-14/h6-9,12-13H,3-5,10-11H2,1-2H3. The van der Waals surface area contributed by atoms with E-state index in [0.717, 1.165) is 30.4 Å². The third-order valence-corrected chi connectivity index (χ3v) is 4.20. The molecule has 0 amide bonds. The Kier molecular flexibility index (Phi) is 4.20. The molecule has 1 aliphatic rings. The predicted molar refractivity (Wildman–Crippen MR) is 81.8 cm³/mol. The fraction of sp³-hybridized carbons (Fsp3) is 0.500. The fourth-order valence-electron chi connectivity index (χ4n) is 2.93. The number of aromatic nitrogens is 3. The molecule has 1 saturated heterocycles. The average Bonchev–Trinajstić information content (AvgIpc) is 3.04. The lowest BCUT2D eigenvalue weighted by atomic mass is 10.1. The Morgan fingerprint density at radius 1 is 1.10 bits per heavy atom. The molecule has 1 aromatic heterocycles. The van der Waals surface area contributed by atoms with Gasteiger partial charge in [0.2, 0.25) is 0 Å². The van der Waals surface area contributed by atoms with Crippen LogP contribution in [0.4, 0.5) is 0 Å². The van der Waals surface area contributed by atoms with Gasteiger partial charge in [0.1, 0.15) is 17.9 Å². The van der Waals surface area contributed by atoms with Crippen LogP contribution < -0.4 is 4.74 Å². The second kappa shape index (κ2) is 6.26. The highest BCUT2D eigenvalue weighted by Crippen LogP contribution is 2.24. The highest BCUT2D eigenvalue weighted by molar-refractivity contribution is 5.37. The molecule has 1 aromatic carbocycles. The van der Waals surface area contributed by atoms with Crippen LogP contribution in [0.15, 0.2) is 30.6 Å². The van der Waals surface area contributed by atoms with Gasteiger partial charge in [-0.05, 0) is 57.1 Å². The molecule has 2 heterocycles. The zero-order chi connectivity index (χ0) is 14.7. The first-order valence-corrected chi connectivity index (χ1v) is 7.58. The summed E-state index contributed by atoms with van der Waals surface area (Å²) in [6.07, 6.45) is 5.54. The van der Waals surface area contributed by atoms with E-state index in [9.17, 15) is 0 Å². The van der Waals surface area contributed by atoms with Crippen molar-refractivity contribution in [2.75, 3.05) is 20.2 Å². The second-order valence-electron chi connectivity index (χ2n) is 5.50. The van der Waals surface area contributed by atoms with Crippen molar-refractivity contribution >= 4 is 0 Å². The lowest BCUT2D eigenvalue weighted by molar-refractivity contribution is 0.167. The molecule has 0 spiro atoms. The Morgan fingerprint density at radius 2 is 1.81 bits per heavy atom. The largest absolute Gasteiger partial charge is 0.497 e.